The summed E-state index contributed by atoms with van der Waals surface area (Å²) in [6.07, 6.45) is -1.23. The van der Waals surface area contributed by atoms with E-state index < -0.39 is 17.9 Å². The summed E-state index contributed by atoms with van der Waals surface area (Å²) in [7, 11) is 0. The monoisotopic (exact) mass is 430 g/mol. The average Bonchev–Trinajstić information content (AvgIpc) is 3.35. The number of hydrogen-bond donors (Lipinski definition) is 3. The predicted molar refractivity (Wildman–Crippen MR) is 105 cm³/mol. The van der Waals surface area contributed by atoms with E-state index in [0.717, 1.165) is 19.0 Å². The number of fused-ring (bicyclic) bond motifs is 3. The second-order valence-electron chi connectivity index (χ2n) is 7.25. The van der Waals surface area contributed by atoms with Crippen molar-refractivity contribution in [3.05, 3.63) is 36.2 Å². The molecule has 1 saturated heterocycles. The molecule has 1 aromatic carbocycles. The van der Waals surface area contributed by atoms with E-state index in [0.29, 0.717) is 29.5 Å². The van der Waals surface area contributed by atoms with Crippen LogP contribution in [-0.2, 0) is 11.0 Å². The fourth-order valence-electron chi connectivity index (χ4n) is 3.67. The molecular weight excluding hydrogens is 413 g/mol. The Balaban J connectivity index is 1.67. The van der Waals surface area contributed by atoms with Gasteiger partial charge in [-0.15, -0.1) is 5.10 Å². The highest BCUT2D eigenvalue weighted by molar-refractivity contribution is 5.93. The highest BCUT2D eigenvalue weighted by atomic mass is 19.4. The van der Waals surface area contributed by atoms with Crippen LogP contribution in [0.5, 0.6) is 0 Å². The van der Waals surface area contributed by atoms with Gasteiger partial charge in [-0.1, -0.05) is 12.1 Å². The van der Waals surface area contributed by atoms with Gasteiger partial charge >= 0.3 is 6.18 Å². The van der Waals surface area contributed by atoms with E-state index in [-0.39, 0.29) is 23.2 Å². The summed E-state index contributed by atoms with van der Waals surface area (Å²) in [5.74, 6) is -0.0747. The van der Waals surface area contributed by atoms with Gasteiger partial charge in [-0.05, 0) is 31.4 Å². The van der Waals surface area contributed by atoms with Crippen molar-refractivity contribution in [2.75, 3.05) is 11.9 Å². The molecule has 1 atom stereocenters. The van der Waals surface area contributed by atoms with Crippen LogP contribution in [0, 0.1) is 0 Å². The van der Waals surface area contributed by atoms with Crippen LogP contribution < -0.4 is 10.6 Å². The Kier molecular flexibility index (Phi) is 4.49. The van der Waals surface area contributed by atoms with E-state index in [2.05, 4.69) is 35.9 Å². The lowest BCUT2D eigenvalue weighted by Gasteiger charge is -2.16. The number of amides is 1. The van der Waals surface area contributed by atoms with Crippen molar-refractivity contribution in [2.24, 2.45) is 0 Å². The lowest BCUT2D eigenvalue weighted by atomic mass is 10.1. The number of alkyl halides is 3. The third kappa shape index (κ3) is 3.43. The number of halogens is 3. The van der Waals surface area contributed by atoms with Crippen molar-refractivity contribution in [1.29, 1.82) is 0 Å². The molecule has 4 aromatic rings. The van der Waals surface area contributed by atoms with E-state index in [1.165, 1.54) is 4.52 Å². The molecule has 0 unspecified atom stereocenters. The van der Waals surface area contributed by atoms with Crippen LogP contribution in [0.2, 0.25) is 0 Å². The van der Waals surface area contributed by atoms with E-state index >= 15 is 0 Å². The number of anilines is 1. The van der Waals surface area contributed by atoms with Crippen LogP contribution in [0.4, 0.5) is 19.1 Å². The van der Waals surface area contributed by atoms with Gasteiger partial charge in [-0.25, -0.2) is 9.97 Å². The first kappa shape index (κ1) is 19.3. The minimum absolute atomic E-state index is 0.146. The van der Waals surface area contributed by atoms with Crippen LogP contribution in [0.3, 0.4) is 0 Å². The maximum absolute atomic E-state index is 13.3. The third-order valence-corrected chi connectivity index (χ3v) is 5.17. The van der Waals surface area contributed by atoms with Crippen molar-refractivity contribution in [3.8, 4) is 11.4 Å². The number of carbonyl (C=O) groups is 1. The highest BCUT2D eigenvalue weighted by Crippen LogP contribution is 2.35. The zero-order chi connectivity index (χ0) is 21.6. The van der Waals surface area contributed by atoms with Crippen LogP contribution >= 0.6 is 0 Å². The SMILES string of the molecule is O=C1NCCCC[C@H]1Nc1nc2ccccc2c2nc(-c3c[nH]nc3C(F)(F)F)nn12. The van der Waals surface area contributed by atoms with Gasteiger partial charge in [-0.3, -0.25) is 9.89 Å². The molecule has 9 nitrogen and oxygen atoms in total. The number of aromatic nitrogens is 6. The van der Waals surface area contributed by atoms with Crippen LogP contribution in [0.15, 0.2) is 30.5 Å². The maximum atomic E-state index is 13.3. The number of rotatable bonds is 3. The summed E-state index contributed by atoms with van der Waals surface area (Å²) in [5, 5.41) is 16.4. The summed E-state index contributed by atoms with van der Waals surface area (Å²) in [6, 6.07) is 6.57. The zero-order valence-electron chi connectivity index (χ0n) is 16.1. The smallest absolute Gasteiger partial charge is 0.354 e. The largest absolute Gasteiger partial charge is 0.435 e. The number of benzene rings is 1. The van der Waals surface area contributed by atoms with Crippen LogP contribution in [-0.4, -0.2) is 48.3 Å². The van der Waals surface area contributed by atoms with Crippen molar-refractivity contribution in [1.82, 2.24) is 35.1 Å². The predicted octanol–water partition coefficient (Wildman–Crippen LogP) is 2.77. The van der Waals surface area contributed by atoms with E-state index in [1.54, 1.807) is 24.3 Å². The highest BCUT2D eigenvalue weighted by Gasteiger charge is 2.38. The minimum atomic E-state index is -4.66. The van der Waals surface area contributed by atoms with Gasteiger partial charge in [0.05, 0.1) is 11.1 Å². The lowest BCUT2D eigenvalue weighted by molar-refractivity contribution is -0.140. The molecule has 0 aliphatic carbocycles. The molecule has 0 spiro atoms. The van der Waals surface area contributed by atoms with E-state index in [4.69, 9.17) is 0 Å². The van der Waals surface area contributed by atoms with E-state index in [9.17, 15) is 18.0 Å². The van der Waals surface area contributed by atoms with Gasteiger partial charge in [0.25, 0.3) is 0 Å². The van der Waals surface area contributed by atoms with Gasteiger partial charge in [0.2, 0.25) is 11.9 Å². The Morgan fingerprint density at radius 1 is 1.16 bits per heavy atom. The third-order valence-electron chi connectivity index (χ3n) is 5.17. The summed E-state index contributed by atoms with van der Waals surface area (Å²) in [5.41, 5.74) is -0.461. The Morgan fingerprint density at radius 2 is 2.00 bits per heavy atom. The van der Waals surface area contributed by atoms with Gasteiger partial charge in [0.1, 0.15) is 6.04 Å². The van der Waals surface area contributed by atoms with Gasteiger partial charge < -0.3 is 10.6 Å². The summed E-state index contributed by atoms with van der Waals surface area (Å²) < 4.78 is 41.3. The molecule has 0 saturated carbocycles. The summed E-state index contributed by atoms with van der Waals surface area (Å²) in [4.78, 5) is 21.3. The molecule has 12 heteroatoms. The molecule has 4 heterocycles. The fourth-order valence-corrected chi connectivity index (χ4v) is 3.67. The topological polar surface area (TPSA) is 113 Å². The van der Waals surface area contributed by atoms with Crippen molar-refractivity contribution in [2.45, 2.75) is 31.5 Å². The number of nitrogens with one attached hydrogen (secondary N) is 3. The number of H-pyrrole nitrogens is 1. The summed E-state index contributed by atoms with van der Waals surface area (Å²) in [6.45, 7) is 0.603. The van der Waals surface area contributed by atoms with Crippen molar-refractivity contribution >= 4 is 28.4 Å². The van der Waals surface area contributed by atoms with Gasteiger partial charge in [-0.2, -0.15) is 22.8 Å². The minimum Gasteiger partial charge on any atom is -0.354 e. The maximum Gasteiger partial charge on any atom is 0.435 e. The molecule has 1 fully saturated rings. The Labute approximate surface area is 173 Å². The number of nitrogens with zero attached hydrogens (tertiary/aromatic N) is 5. The molecule has 3 aromatic heterocycles. The Hall–Kier alpha value is -3.70. The molecule has 0 radical (unpaired) electrons. The molecule has 3 N–H and O–H groups in total. The normalized spacial score (nSPS) is 17.6. The first-order valence-electron chi connectivity index (χ1n) is 9.73. The Morgan fingerprint density at radius 3 is 2.84 bits per heavy atom. The molecule has 1 aliphatic heterocycles. The zero-order valence-corrected chi connectivity index (χ0v) is 16.1. The molecule has 0 bridgehead atoms. The molecule has 160 valence electrons. The summed E-state index contributed by atoms with van der Waals surface area (Å²) >= 11 is 0. The van der Waals surface area contributed by atoms with Crippen LogP contribution in [0.1, 0.15) is 25.0 Å². The molecule has 1 amide bonds. The van der Waals surface area contributed by atoms with Crippen molar-refractivity contribution < 1.29 is 18.0 Å². The quantitative estimate of drug-likeness (QED) is 0.461. The second-order valence-corrected chi connectivity index (χ2v) is 7.25. The molecule has 1 aliphatic rings. The van der Waals surface area contributed by atoms with Gasteiger partial charge in [0, 0.05) is 18.1 Å². The second kappa shape index (κ2) is 7.22. The fraction of sp³-hybridized carbons (Fsp3) is 0.316. The number of para-hydroxylation sites is 1. The number of aromatic amines is 1. The first-order chi connectivity index (χ1) is 14.9. The van der Waals surface area contributed by atoms with Crippen LogP contribution in [0.25, 0.3) is 27.9 Å². The van der Waals surface area contributed by atoms with Gasteiger partial charge in [0.15, 0.2) is 17.2 Å². The molecular formula is C19H17F3N8O. The molecule has 5 rings (SSSR count). The number of hydrogen-bond acceptors (Lipinski definition) is 6. The number of carbonyl (C=O) groups excluding carboxylic acids is 1. The molecule has 31 heavy (non-hydrogen) atoms. The van der Waals surface area contributed by atoms with Crippen molar-refractivity contribution in [3.63, 3.8) is 0 Å². The van der Waals surface area contributed by atoms with E-state index in [1.807, 2.05) is 0 Å². The Bertz CT molecular complexity index is 1280. The standard InChI is InChI=1S/C19H17F3N8O/c20-19(21,22)14-11(9-24-28-14)15-27-16-10-5-1-2-6-12(10)25-18(30(16)29-15)26-13-7-3-4-8-23-17(13)31/h1-2,5-6,9,13H,3-4,7-8H2,(H,23,31)(H,24,28)(H,25,26)/t13-/m1/s1. The lowest BCUT2D eigenvalue weighted by Crippen LogP contribution is -2.38. The first-order valence-corrected chi connectivity index (χ1v) is 9.73. The average molecular weight is 430 g/mol.